The standard InChI is InChI=1S/C14H18ClNO2/c1-12(13-7-4-3-5-8-13)16(14(17)11-15)9-6-10-18-2/h3-5,7-8H,1,6,9-11H2,2H3. The minimum atomic E-state index is -0.137. The molecule has 3 nitrogen and oxygen atoms in total. The van der Waals surface area contributed by atoms with Crippen molar-refractivity contribution in [3.63, 3.8) is 0 Å². The molecule has 1 amide bonds. The molecule has 0 heterocycles. The Balaban J connectivity index is 2.76. The first-order chi connectivity index (χ1) is 8.70. The lowest BCUT2D eigenvalue weighted by Gasteiger charge is -2.24. The van der Waals surface area contributed by atoms with Gasteiger partial charge in [0.15, 0.2) is 0 Å². The molecule has 0 aromatic heterocycles. The van der Waals surface area contributed by atoms with Crippen LogP contribution >= 0.6 is 11.6 Å². The zero-order valence-electron chi connectivity index (χ0n) is 10.6. The Morgan fingerprint density at radius 3 is 2.61 bits per heavy atom. The SMILES string of the molecule is C=C(c1ccccc1)N(CCCOC)C(=O)CCl. The fourth-order valence-corrected chi connectivity index (χ4v) is 1.78. The first-order valence-electron chi connectivity index (χ1n) is 5.80. The predicted octanol–water partition coefficient (Wildman–Crippen LogP) is 2.76. The van der Waals surface area contributed by atoms with Crippen LogP contribution in [0.5, 0.6) is 0 Å². The van der Waals surface area contributed by atoms with Gasteiger partial charge in [-0.3, -0.25) is 4.79 Å². The van der Waals surface area contributed by atoms with Crippen LogP contribution in [0, 0.1) is 0 Å². The molecule has 0 fully saturated rings. The second-order valence-electron chi connectivity index (χ2n) is 3.84. The molecule has 0 saturated heterocycles. The molecule has 0 unspecified atom stereocenters. The van der Waals surface area contributed by atoms with Crippen molar-refractivity contribution in [3.05, 3.63) is 42.5 Å². The number of carbonyl (C=O) groups is 1. The molecule has 0 aliphatic rings. The number of halogens is 1. The lowest BCUT2D eigenvalue weighted by atomic mass is 10.1. The van der Waals surface area contributed by atoms with Crippen molar-refractivity contribution in [2.24, 2.45) is 0 Å². The molecule has 4 heteroatoms. The third-order valence-electron chi connectivity index (χ3n) is 2.58. The molecule has 0 aliphatic heterocycles. The lowest BCUT2D eigenvalue weighted by Crippen LogP contribution is -2.31. The van der Waals surface area contributed by atoms with Gasteiger partial charge in [-0.2, -0.15) is 0 Å². The summed E-state index contributed by atoms with van der Waals surface area (Å²) in [6.07, 6.45) is 0.755. The minimum Gasteiger partial charge on any atom is -0.385 e. The largest absolute Gasteiger partial charge is 0.385 e. The van der Waals surface area contributed by atoms with Crippen molar-refractivity contribution in [2.45, 2.75) is 6.42 Å². The van der Waals surface area contributed by atoms with Gasteiger partial charge in [-0.15, -0.1) is 11.6 Å². The summed E-state index contributed by atoms with van der Waals surface area (Å²) in [7, 11) is 1.64. The molecule has 0 spiro atoms. The fraction of sp³-hybridized carbons (Fsp3) is 0.357. The van der Waals surface area contributed by atoms with E-state index in [1.165, 1.54) is 0 Å². The molecule has 0 saturated carbocycles. The molecule has 1 aromatic carbocycles. The van der Waals surface area contributed by atoms with E-state index in [1.807, 2.05) is 30.3 Å². The van der Waals surface area contributed by atoms with Crippen molar-refractivity contribution in [3.8, 4) is 0 Å². The third-order valence-corrected chi connectivity index (χ3v) is 2.81. The summed E-state index contributed by atoms with van der Waals surface area (Å²) in [5, 5.41) is 0. The number of carbonyl (C=O) groups excluding carboxylic acids is 1. The predicted molar refractivity (Wildman–Crippen MR) is 74.4 cm³/mol. The molecule has 0 aliphatic carbocycles. The summed E-state index contributed by atoms with van der Waals surface area (Å²) in [6.45, 7) is 5.15. The Bertz CT molecular complexity index is 392. The number of nitrogens with zero attached hydrogens (tertiary/aromatic N) is 1. The maximum Gasteiger partial charge on any atom is 0.241 e. The second kappa shape index (κ2) is 7.90. The first-order valence-corrected chi connectivity index (χ1v) is 6.33. The van der Waals surface area contributed by atoms with E-state index in [0.717, 1.165) is 12.0 Å². The summed E-state index contributed by atoms with van der Waals surface area (Å²) in [5.74, 6) is -0.180. The highest BCUT2D eigenvalue weighted by molar-refractivity contribution is 6.27. The monoisotopic (exact) mass is 267 g/mol. The molecule has 0 bridgehead atoms. The van der Waals surface area contributed by atoms with Gasteiger partial charge in [0.1, 0.15) is 5.88 Å². The highest BCUT2D eigenvalue weighted by Gasteiger charge is 2.16. The Hall–Kier alpha value is -1.32. The fourth-order valence-electron chi connectivity index (χ4n) is 1.64. The molecule has 98 valence electrons. The zero-order valence-corrected chi connectivity index (χ0v) is 11.3. The molecule has 0 N–H and O–H groups in total. The zero-order chi connectivity index (χ0) is 13.4. The number of benzene rings is 1. The van der Waals surface area contributed by atoms with Gasteiger partial charge < -0.3 is 9.64 Å². The number of rotatable bonds is 7. The Morgan fingerprint density at radius 1 is 1.39 bits per heavy atom. The lowest BCUT2D eigenvalue weighted by molar-refractivity contribution is -0.125. The van der Waals surface area contributed by atoms with E-state index < -0.39 is 0 Å². The smallest absolute Gasteiger partial charge is 0.241 e. The maximum atomic E-state index is 11.8. The summed E-state index contributed by atoms with van der Waals surface area (Å²) in [6, 6.07) is 9.60. The van der Waals surface area contributed by atoms with E-state index in [2.05, 4.69) is 6.58 Å². The van der Waals surface area contributed by atoms with Gasteiger partial charge in [0, 0.05) is 26.0 Å². The van der Waals surface area contributed by atoms with E-state index >= 15 is 0 Å². The second-order valence-corrected chi connectivity index (χ2v) is 4.11. The van der Waals surface area contributed by atoms with Crippen LogP contribution in [0.2, 0.25) is 0 Å². The third kappa shape index (κ3) is 4.17. The average molecular weight is 268 g/mol. The molecule has 18 heavy (non-hydrogen) atoms. The van der Waals surface area contributed by atoms with Gasteiger partial charge in [0.05, 0.1) is 0 Å². The van der Waals surface area contributed by atoms with Crippen LogP contribution in [-0.4, -0.2) is 36.9 Å². The van der Waals surface area contributed by atoms with E-state index in [-0.39, 0.29) is 11.8 Å². The van der Waals surface area contributed by atoms with Crippen LogP contribution < -0.4 is 0 Å². The maximum absolute atomic E-state index is 11.8. The molecule has 1 aromatic rings. The highest BCUT2D eigenvalue weighted by Crippen LogP contribution is 2.17. The van der Waals surface area contributed by atoms with Gasteiger partial charge in [-0.25, -0.2) is 0 Å². The molecular formula is C14H18ClNO2. The molecule has 0 atom stereocenters. The summed E-state index contributed by atoms with van der Waals surface area (Å²) < 4.78 is 4.99. The minimum absolute atomic E-state index is 0.0428. The van der Waals surface area contributed by atoms with Gasteiger partial charge in [0.25, 0.3) is 0 Å². The number of ether oxygens (including phenoxy) is 1. The van der Waals surface area contributed by atoms with E-state index in [0.29, 0.717) is 18.8 Å². The van der Waals surface area contributed by atoms with E-state index in [4.69, 9.17) is 16.3 Å². The van der Waals surface area contributed by atoms with Gasteiger partial charge >= 0.3 is 0 Å². The van der Waals surface area contributed by atoms with Crippen molar-refractivity contribution in [1.82, 2.24) is 4.90 Å². The van der Waals surface area contributed by atoms with E-state index in [9.17, 15) is 4.79 Å². The van der Waals surface area contributed by atoms with E-state index in [1.54, 1.807) is 12.0 Å². The number of alkyl halides is 1. The summed E-state index contributed by atoms with van der Waals surface area (Å²) in [5.41, 5.74) is 1.60. The van der Waals surface area contributed by atoms with Gasteiger partial charge in [-0.1, -0.05) is 36.9 Å². The van der Waals surface area contributed by atoms with Gasteiger partial charge in [0.2, 0.25) is 5.91 Å². The average Bonchev–Trinajstić information content (AvgIpc) is 2.43. The highest BCUT2D eigenvalue weighted by atomic mass is 35.5. The molecular weight excluding hydrogens is 250 g/mol. The quantitative estimate of drug-likeness (QED) is 0.562. The van der Waals surface area contributed by atoms with Crippen molar-refractivity contribution in [2.75, 3.05) is 26.1 Å². The Kier molecular flexibility index (Phi) is 6.47. The number of amides is 1. The number of hydrogen-bond donors (Lipinski definition) is 0. The summed E-state index contributed by atoms with van der Waals surface area (Å²) in [4.78, 5) is 13.4. The topological polar surface area (TPSA) is 29.5 Å². The van der Waals surface area contributed by atoms with Crippen molar-refractivity contribution in [1.29, 1.82) is 0 Å². The van der Waals surface area contributed by atoms with Crippen LogP contribution in [0.4, 0.5) is 0 Å². The van der Waals surface area contributed by atoms with Crippen LogP contribution in [0.1, 0.15) is 12.0 Å². The Labute approximate surface area is 113 Å². The van der Waals surface area contributed by atoms with Crippen LogP contribution in [0.15, 0.2) is 36.9 Å². The van der Waals surface area contributed by atoms with Crippen LogP contribution in [0.3, 0.4) is 0 Å². The molecule has 0 radical (unpaired) electrons. The van der Waals surface area contributed by atoms with Crippen molar-refractivity contribution >= 4 is 23.2 Å². The molecule has 1 rings (SSSR count). The van der Waals surface area contributed by atoms with Crippen LogP contribution in [-0.2, 0) is 9.53 Å². The van der Waals surface area contributed by atoms with Gasteiger partial charge in [-0.05, 0) is 12.0 Å². The van der Waals surface area contributed by atoms with Crippen molar-refractivity contribution < 1.29 is 9.53 Å². The first kappa shape index (κ1) is 14.7. The normalized spacial score (nSPS) is 10.1. The summed E-state index contributed by atoms with van der Waals surface area (Å²) >= 11 is 5.63. The number of hydrogen-bond acceptors (Lipinski definition) is 2. The van der Waals surface area contributed by atoms with Crippen LogP contribution in [0.25, 0.3) is 5.70 Å². The Morgan fingerprint density at radius 2 is 2.06 bits per heavy atom. The number of methoxy groups -OCH3 is 1.